The fourth-order valence-corrected chi connectivity index (χ4v) is 2.35. The third kappa shape index (κ3) is 3.67. The first-order valence-corrected chi connectivity index (χ1v) is 7.23. The fourth-order valence-electron chi connectivity index (χ4n) is 2.35. The Hall–Kier alpha value is -1.68. The summed E-state index contributed by atoms with van der Waals surface area (Å²) in [4.78, 5) is 4.20. The van der Waals surface area contributed by atoms with Crippen LogP contribution in [0.3, 0.4) is 0 Å². The van der Waals surface area contributed by atoms with Gasteiger partial charge >= 0.3 is 0 Å². The Morgan fingerprint density at radius 1 is 1.15 bits per heavy atom. The molecule has 0 spiro atoms. The number of nitrogens with zero attached hydrogens (tertiary/aromatic N) is 3. The molecule has 1 N–H and O–H groups in total. The van der Waals surface area contributed by atoms with Crippen LogP contribution in [0.2, 0.25) is 0 Å². The highest BCUT2D eigenvalue weighted by molar-refractivity contribution is 5.25. The van der Waals surface area contributed by atoms with Gasteiger partial charge in [-0.15, -0.1) is 0 Å². The molecule has 0 bridgehead atoms. The number of benzene rings is 1. The molecular weight excluding hydrogens is 250 g/mol. The van der Waals surface area contributed by atoms with Crippen molar-refractivity contribution in [1.82, 2.24) is 14.8 Å². The molecule has 0 aliphatic heterocycles. The van der Waals surface area contributed by atoms with Crippen molar-refractivity contribution in [2.24, 2.45) is 5.92 Å². The summed E-state index contributed by atoms with van der Waals surface area (Å²) in [7, 11) is 0. The van der Waals surface area contributed by atoms with E-state index in [1.54, 1.807) is 0 Å². The Labute approximate surface area is 120 Å². The van der Waals surface area contributed by atoms with E-state index in [-0.39, 0.29) is 0 Å². The largest absolute Gasteiger partial charge is 0.388 e. The summed E-state index contributed by atoms with van der Waals surface area (Å²) in [6, 6.07) is 8.22. The lowest BCUT2D eigenvalue weighted by Gasteiger charge is -2.12. The van der Waals surface area contributed by atoms with Gasteiger partial charge in [-0.2, -0.15) is 5.10 Å². The van der Waals surface area contributed by atoms with Crippen molar-refractivity contribution >= 4 is 0 Å². The van der Waals surface area contributed by atoms with Crippen LogP contribution in [-0.2, 0) is 19.4 Å². The van der Waals surface area contributed by atoms with Gasteiger partial charge in [0, 0.05) is 13.0 Å². The van der Waals surface area contributed by atoms with Crippen LogP contribution in [-0.4, -0.2) is 19.9 Å². The van der Waals surface area contributed by atoms with Crippen LogP contribution in [0.4, 0.5) is 0 Å². The number of aryl methyl sites for hydroxylation is 1. The van der Waals surface area contributed by atoms with Gasteiger partial charge in [-0.05, 0) is 30.4 Å². The molecule has 1 unspecified atom stereocenters. The Morgan fingerprint density at radius 3 is 2.45 bits per heavy atom. The van der Waals surface area contributed by atoms with E-state index in [2.05, 4.69) is 36.1 Å². The zero-order valence-corrected chi connectivity index (χ0v) is 12.5. The molecule has 2 aromatic rings. The second kappa shape index (κ2) is 6.66. The van der Waals surface area contributed by atoms with Crippen molar-refractivity contribution in [2.45, 2.75) is 46.3 Å². The van der Waals surface area contributed by atoms with Gasteiger partial charge in [-0.1, -0.05) is 38.1 Å². The minimum absolute atomic E-state index is 0.497. The van der Waals surface area contributed by atoms with E-state index in [9.17, 15) is 5.11 Å². The number of hydrogen-bond acceptors (Lipinski definition) is 3. The molecule has 4 heteroatoms. The molecule has 1 aromatic heterocycles. The number of hydrogen-bond donors (Lipinski definition) is 1. The quantitative estimate of drug-likeness (QED) is 0.880. The predicted molar refractivity (Wildman–Crippen MR) is 79.3 cm³/mol. The Balaban J connectivity index is 2.04. The van der Waals surface area contributed by atoms with E-state index in [1.165, 1.54) is 11.9 Å². The third-order valence-corrected chi connectivity index (χ3v) is 3.38. The lowest BCUT2D eigenvalue weighted by molar-refractivity contribution is 0.174. The topological polar surface area (TPSA) is 50.9 Å². The summed E-state index contributed by atoms with van der Waals surface area (Å²) >= 11 is 0. The summed E-state index contributed by atoms with van der Waals surface area (Å²) in [5.41, 5.74) is 2.25. The second-order valence-corrected chi connectivity index (χ2v) is 5.55. The van der Waals surface area contributed by atoms with Crippen molar-refractivity contribution in [2.75, 3.05) is 0 Å². The molecule has 0 saturated heterocycles. The fraction of sp³-hybridized carbons (Fsp3) is 0.500. The third-order valence-electron chi connectivity index (χ3n) is 3.38. The maximum atomic E-state index is 10.3. The van der Waals surface area contributed by atoms with E-state index < -0.39 is 6.10 Å². The van der Waals surface area contributed by atoms with Crippen LogP contribution >= 0.6 is 0 Å². The highest BCUT2D eigenvalue weighted by Gasteiger charge is 2.12. The monoisotopic (exact) mass is 273 g/mol. The molecule has 108 valence electrons. The lowest BCUT2D eigenvalue weighted by atomic mass is 9.99. The smallest absolute Gasteiger partial charge is 0.138 e. The van der Waals surface area contributed by atoms with Gasteiger partial charge in [0.1, 0.15) is 12.2 Å². The first kappa shape index (κ1) is 14.7. The first-order chi connectivity index (χ1) is 9.60. The average Bonchev–Trinajstić information content (AvgIpc) is 2.86. The van der Waals surface area contributed by atoms with Crippen molar-refractivity contribution < 1.29 is 5.11 Å². The molecule has 0 aliphatic carbocycles. The standard InChI is InChI=1S/C16H23N3O/c1-4-19-16(17-11-18-19)10-15(20)14-7-5-13(6-8-14)9-12(2)3/h5-8,11-12,15,20H,4,9-10H2,1-3H3. The van der Waals surface area contributed by atoms with Gasteiger partial charge in [0.25, 0.3) is 0 Å². The normalized spacial score (nSPS) is 12.8. The Kier molecular flexibility index (Phi) is 4.90. The number of rotatable bonds is 6. The molecule has 0 fully saturated rings. The summed E-state index contributed by atoms with van der Waals surface area (Å²) in [6.45, 7) is 7.21. The van der Waals surface area contributed by atoms with Gasteiger partial charge in [0.15, 0.2) is 0 Å². The molecule has 0 saturated carbocycles. The van der Waals surface area contributed by atoms with Crippen molar-refractivity contribution in [3.8, 4) is 0 Å². The average molecular weight is 273 g/mol. The van der Waals surface area contributed by atoms with E-state index in [4.69, 9.17) is 0 Å². The van der Waals surface area contributed by atoms with Gasteiger partial charge in [-0.3, -0.25) is 4.68 Å². The number of aromatic nitrogens is 3. The molecule has 0 aliphatic rings. The number of aliphatic hydroxyl groups is 1. The molecule has 20 heavy (non-hydrogen) atoms. The van der Waals surface area contributed by atoms with Gasteiger partial charge in [0.05, 0.1) is 6.10 Å². The highest BCUT2D eigenvalue weighted by Crippen LogP contribution is 2.19. The molecule has 1 heterocycles. The minimum atomic E-state index is -0.530. The summed E-state index contributed by atoms with van der Waals surface area (Å²) in [5, 5.41) is 14.4. The molecular formula is C16H23N3O. The van der Waals surface area contributed by atoms with Crippen LogP contribution in [0.15, 0.2) is 30.6 Å². The molecule has 2 rings (SSSR count). The molecule has 0 amide bonds. The first-order valence-electron chi connectivity index (χ1n) is 7.23. The van der Waals surface area contributed by atoms with Crippen molar-refractivity contribution in [3.05, 3.63) is 47.5 Å². The van der Waals surface area contributed by atoms with Gasteiger partial charge < -0.3 is 5.11 Å². The predicted octanol–water partition coefficient (Wildman–Crippen LogP) is 2.77. The van der Waals surface area contributed by atoms with Crippen molar-refractivity contribution in [1.29, 1.82) is 0 Å². The summed E-state index contributed by atoms with van der Waals surface area (Å²) in [6.07, 6.45) is 2.58. The SMILES string of the molecule is CCn1ncnc1CC(O)c1ccc(CC(C)C)cc1. The molecule has 4 nitrogen and oxygen atoms in total. The number of aliphatic hydroxyl groups excluding tert-OH is 1. The minimum Gasteiger partial charge on any atom is -0.388 e. The van der Waals surface area contributed by atoms with Gasteiger partial charge in [0.2, 0.25) is 0 Å². The van der Waals surface area contributed by atoms with E-state index >= 15 is 0 Å². The Bertz CT molecular complexity index is 531. The zero-order chi connectivity index (χ0) is 14.5. The van der Waals surface area contributed by atoms with E-state index in [1.807, 2.05) is 23.7 Å². The maximum absolute atomic E-state index is 10.3. The lowest BCUT2D eigenvalue weighted by Crippen LogP contribution is -2.09. The van der Waals surface area contributed by atoms with Crippen molar-refractivity contribution in [3.63, 3.8) is 0 Å². The Morgan fingerprint density at radius 2 is 1.85 bits per heavy atom. The maximum Gasteiger partial charge on any atom is 0.138 e. The van der Waals surface area contributed by atoms with E-state index in [0.717, 1.165) is 24.4 Å². The summed E-state index contributed by atoms with van der Waals surface area (Å²) < 4.78 is 1.82. The van der Waals surface area contributed by atoms with Crippen LogP contribution < -0.4 is 0 Å². The summed E-state index contributed by atoms with van der Waals surface area (Å²) in [5.74, 6) is 1.47. The van der Waals surface area contributed by atoms with Crippen LogP contribution in [0.25, 0.3) is 0 Å². The van der Waals surface area contributed by atoms with Gasteiger partial charge in [-0.25, -0.2) is 4.98 Å². The van der Waals surface area contributed by atoms with Crippen LogP contribution in [0.1, 0.15) is 43.8 Å². The molecule has 1 atom stereocenters. The second-order valence-electron chi connectivity index (χ2n) is 5.55. The zero-order valence-electron chi connectivity index (χ0n) is 12.5. The van der Waals surface area contributed by atoms with E-state index in [0.29, 0.717) is 12.3 Å². The highest BCUT2D eigenvalue weighted by atomic mass is 16.3. The van der Waals surface area contributed by atoms with Crippen LogP contribution in [0.5, 0.6) is 0 Å². The molecule has 0 radical (unpaired) electrons. The molecule has 1 aromatic carbocycles. The van der Waals surface area contributed by atoms with Crippen LogP contribution in [0, 0.1) is 5.92 Å².